The number of amides is 2. The number of aromatic amines is 1. The number of benzene rings is 1. The number of likely N-dealkylation sites (tertiary alicyclic amines) is 2. The van der Waals surface area contributed by atoms with E-state index in [-0.39, 0.29) is 17.9 Å². The summed E-state index contributed by atoms with van der Waals surface area (Å²) in [6, 6.07) is 9.73. The van der Waals surface area contributed by atoms with E-state index in [2.05, 4.69) is 10.2 Å². The first kappa shape index (κ1) is 17.8. The molecule has 0 radical (unpaired) electrons. The van der Waals surface area contributed by atoms with Gasteiger partial charge in [0, 0.05) is 19.6 Å². The Labute approximate surface area is 159 Å². The summed E-state index contributed by atoms with van der Waals surface area (Å²) < 4.78 is 0. The quantitative estimate of drug-likeness (QED) is 0.904. The van der Waals surface area contributed by atoms with Crippen LogP contribution in [0.15, 0.2) is 36.5 Å². The monoisotopic (exact) mass is 366 g/mol. The molecule has 2 amide bonds. The van der Waals surface area contributed by atoms with E-state index in [1.54, 1.807) is 6.20 Å². The summed E-state index contributed by atoms with van der Waals surface area (Å²) in [5.74, 6) is 0.150. The first-order valence-corrected chi connectivity index (χ1v) is 9.90. The molecule has 0 spiro atoms. The van der Waals surface area contributed by atoms with Crippen molar-refractivity contribution in [1.82, 2.24) is 20.0 Å². The Morgan fingerprint density at radius 2 is 1.78 bits per heavy atom. The van der Waals surface area contributed by atoms with Gasteiger partial charge in [-0.05, 0) is 37.7 Å². The third kappa shape index (κ3) is 3.75. The fraction of sp³-hybridized carbons (Fsp3) is 0.476. The second-order valence-electron chi connectivity index (χ2n) is 7.46. The molecule has 2 fully saturated rings. The molecule has 142 valence electrons. The molecular formula is C21H26N4O2. The van der Waals surface area contributed by atoms with Gasteiger partial charge < -0.3 is 9.80 Å². The van der Waals surface area contributed by atoms with Crippen molar-refractivity contribution in [3.63, 3.8) is 0 Å². The molecule has 0 unspecified atom stereocenters. The van der Waals surface area contributed by atoms with Gasteiger partial charge in [0.2, 0.25) is 5.91 Å². The number of carbonyl (C=O) groups excluding carboxylic acids is 2. The number of hydrogen-bond donors (Lipinski definition) is 1. The summed E-state index contributed by atoms with van der Waals surface area (Å²) >= 11 is 0. The second-order valence-corrected chi connectivity index (χ2v) is 7.46. The average Bonchev–Trinajstić information content (AvgIpc) is 3.40. The number of rotatable bonds is 4. The van der Waals surface area contributed by atoms with Gasteiger partial charge in [0.15, 0.2) is 0 Å². The fourth-order valence-electron chi connectivity index (χ4n) is 4.21. The van der Waals surface area contributed by atoms with E-state index >= 15 is 0 Å². The van der Waals surface area contributed by atoms with Gasteiger partial charge in [-0.2, -0.15) is 5.10 Å². The highest BCUT2D eigenvalue weighted by molar-refractivity contribution is 5.95. The minimum atomic E-state index is -0.0981. The summed E-state index contributed by atoms with van der Waals surface area (Å²) in [6.07, 6.45) is 7.05. The molecule has 1 aromatic heterocycles. The molecule has 6 nitrogen and oxygen atoms in total. The van der Waals surface area contributed by atoms with Gasteiger partial charge in [0.05, 0.1) is 29.9 Å². The molecule has 0 saturated carbocycles. The zero-order chi connectivity index (χ0) is 18.6. The largest absolute Gasteiger partial charge is 0.339 e. The number of hydrogen-bond acceptors (Lipinski definition) is 3. The van der Waals surface area contributed by atoms with Crippen molar-refractivity contribution in [1.29, 1.82) is 0 Å². The van der Waals surface area contributed by atoms with Crippen LogP contribution in [0.2, 0.25) is 0 Å². The number of nitrogens with zero attached hydrogens (tertiary/aromatic N) is 3. The van der Waals surface area contributed by atoms with Gasteiger partial charge >= 0.3 is 0 Å². The van der Waals surface area contributed by atoms with Gasteiger partial charge in [-0.3, -0.25) is 14.7 Å². The maximum absolute atomic E-state index is 13.0. The molecule has 1 aromatic carbocycles. The minimum Gasteiger partial charge on any atom is -0.339 e. The Morgan fingerprint density at radius 3 is 2.56 bits per heavy atom. The number of carbonyl (C=O) groups is 2. The minimum absolute atomic E-state index is 0.0391. The Balaban J connectivity index is 1.55. The molecule has 1 N–H and O–H groups in total. The molecule has 6 heteroatoms. The topological polar surface area (TPSA) is 69.3 Å². The number of nitrogens with one attached hydrogen (secondary N) is 1. The third-order valence-corrected chi connectivity index (χ3v) is 5.65. The Kier molecular flexibility index (Phi) is 5.23. The van der Waals surface area contributed by atoms with Crippen LogP contribution < -0.4 is 0 Å². The smallest absolute Gasteiger partial charge is 0.257 e. The van der Waals surface area contributed by atoms with E-state index in [0.29, 0.717) is 12.0 Å². The van der Waals surface area contributed by atoms with Crippen LogP contribution in [-0.4, -0.2) is 51.4 Å². The van der Waals surface area contributed by atoms with Crippen LogP contribution in [0.25, 0.3) is 0 Å². The molecule has 4 rings (SSSR count). The van der Waals surface area contributed by atoms with Crippen LogP contribution in [0.1, 0.15) is 59.8 Å². The van der Waals surface area contributed by atoms with Crippen LogP contribution in [0.5, 0.6) is 0 Å². The van der Waals surface area contributed by atoms with Gasteiger partial charge in [-0.1, -0.05) is 30.3 Å². The highest BCUT2D eigenvalue weighted by atomic mass is 16.2. The molecule has 2 aliphatic rings. The molecule has 27 heavy (non-hydrogen) atoms. The predicted molar refractivity (Wildman–Crippen MR) is 102 cm³/mol. The summed E-state index contributed by atoms with van der Waals surface area (Å²) in [7, 11) is 0. The second kappa shape index (κ2) is 7.94. The summed E-state index contributed by atoms with van der Waals surface area (Å²) in [5.41, 5.74) is 2.44. The van der Waals surface area contributed by atoms with E-state index in [9.17, 15) is 9.59 Å². The van der Waals surface area contributed by atoms with Crippen molar-refractivity contribution in [2.45, 2.75) is 44.6 Å². The lowest BCUT2D eigenvalue weighted by Crippen LogP contribution is -2.40. The summed E-state index contributed by atoms with van der Waals surface area (Å²) in [6.45, 7) is 2.35. The van der Waals surface area contributed by atoms with E-state index in [1.807, 2.05) is 40.1 Å². The molecule has 0 bridgehead atoms. The number of H-pyrrole nitrogens is 1. The highest BCUT2D eigenvalue weighted by Crippen LogP contribution is 2.33. The van der Waals surface area contributed by atoms with Gasteiger partial charge in [0.1, 0.15) is 0 Å². The Morgan fingerprint density at radius 1 is 1.04 bits per heavy atom. The van der Waals surface area contributed by atoms with Crippen molar-refractivity contribution in [3.05, 3.63) is 53.3 Å². The molecule has 3 heterocycles. The van der Waals surface area contributed by atoms with Crippen LogP contribution in [-0.2, 0) is 11.2 Å². The van der Waals surface area contributed by atoms with Gasteiger partial charge in [0.25, 0.3) is 5.91 Å². The van der Waals surface area contributed by atoms with E-state index in [0.717, 1.165) is 63.0 Å². The lowest BCUT2D eigenvalue weighted by Gasteiger charge is -2.36. The Bertz CT molecular complexity index is 796. The lowest BCUT2D eigenvalue weighted by atomic mass is 9.95. The van der Waals surface area contributed by atoms with Crippen LogP contribution in [0.4, 0.5) is 0 Å². The zero-order valence-corrected chi connectivity index (χ0v) is 15.6. The van der Waals surface area contributed by atoms with Crippen LogP contribution in [0.3, 0.4) is 0 Å². The molecule has 0 aliphatic carbocycles. The molecular weight excluding hydrogens is 340 g/mol. The maximum atomic E-state index is 13.0. The van der Waals surface area contributed by atoms with Crippen molar-refractivity contribution >= 4 is 11.8 Å². The van der Waals surface area contributed by atoms with Crippen molar-refractivity contribution in [2.24, 2.45) is 0 Å². The normalized spacial score (nSPS) is 20.1. The van der Waals surface area contributed by atoms with Gasteiger partial charge in [-0.15, -0.1) is 0 Å². The standard InChI is InChI=1S/C21H26N4O2/c26-19(14-16-8-2-1-3-9-16)25-13-5-4-10-18(25)20-17(15-22-23-20)21(27)24-11-6-7-12-24/h1-3,8-9,15,18H,4-7,10-14H2,(H,22,23)/t18-/m1/s1. The number of piperidine rings is 1. The summed E-state index contributed by atoms with van der Waals surface area (Å²) in [4.78, 5) is 29.7. The predicted octanol–water partition coefficient (Wildman–Crippen LogP) is 2.94. The van der Waals surface area contributed by atoms with Crippen LogP contribution in [0, 0.1) is 0 Å². The third-order valence-electron chi connectivity index (χ3n) is 5.65. The van der Waals surface area contributed by atoms with Crippen molar-refractivity contribution in [2.75, 3.05) is 19.6 Å². The zero-order valence-electron chi connectivity index (χ0n) is 15.6. The SMILES string of the molecule is O=C(c1cn[nH]c1[C@H]1CCCCN1C(=O)Cc1ccccc1)N1CCCC1. The van der Waals surface area contributed by atoms with E-state index in [4.69, 9.17) is 0 Å². The molecule has 2 aliphatic heterocycles. The first-order valence-electron chi connectivity index (χ1n) is 9.90. The maximum Gasteiger partial charge on any atom is 0.257 e. The first-order chi connectivity index (χ1) is 13.2. The summed E-state index contributed by atoms with van der Waals surface area (Å²) in [5, 5.41) is 7.19. The molecule has 2 aromatic rings. The van der Waals surface area contributed by atoms with Crippen LogP contribution >= 0.6 is 0 Å². The van der Waals surface area contributed by atoms with Gasteiger partial charge in [-0.25, -0.2) is 0 Å². The average molecular weight is 366 g/mol. The van der Waals surface area contributed by atoms with E-state index in [1.165, 1.54) is 0 Å². The molecule has 1 atom stereocenters. The van der Waals surface area contributed by atoms with Crippen molar-refractivity contribution in [3.8, 4) is 0 Å². The fourth-order valence-corrected chi connectivity index (χ4v) is 4.21. The van der Waals surface area contributed by atoms with Crippen molar-refractivity contribution < 1.29 is 9.59 Å². The van der Waals surface area contributed by atoms with E-state index < -0.39 is 0 Å². The number of aromatic nitrogens is 2. The molecule has 2 saturated heterocycles. The highest BCUT2D eigenvalue weighted by Gasteiger charge is 2.33. The Hall–Kier alpha value is -2.63. The lowest BCUT2D eigenvalue weighted by molar-refractivity contribution is -0.134.